The van der Waals surface area contributed by atoms with Crippen LogP contribution in [0.2, 0.25) is 0 Å². The van der Waals surface area contributed by atoms with Crippen LogP contribution in [0.25, 0.3) is 5.69 Å². The number of aromatic nitrogens is 3. The molecular formula is C23H19N3O2S. The highest BCUT2D eigenvalue weighted by molar-refractivity contribution is 7.98. The normalized spacial score (nSPS) is 15.2. The molecule has 3 aromatic carbocycles. The molecule has 0 fully saturated rings. The van der Waals surface area contributed by atoms with Gasteiger partial charge in [0.2, 0.25) is 0 Å². The summed E-state index contributed by atoms with van der Waals surface area (Å²) < 4.78 is 14.2. The quantitative estimate of drug-likeness (QED) is 0.437. The summed E-state index contributed by atoms with van der Waals surface area (Å²) in [5.74, 6) is 3.04. The van der Waals surface area contributed by atoms with Crippen molar-refractivity contribution in [3.8, 4) is 17.2 Å². The molecule has 1 aromatic heterocycles. The number of ether oxygens (including phenoxy) is 2. The lowest BCUT2D eigenvalue weighted by Crippen LogP contribution is -2.24. The van der Waals surface area contributed by atoms with E-state index in [1.165, 1.54) is 5.56 Å². The summed E-state index contributed by atoms with van der Waals surface area (Å²) in [6.07, 6.45) is -0.330. The molecule has 0 spiro atoms. The van der Waals surface area contributed by atoms with Crippen LogP contribution in [0.4, 0.5) is 0 Å². The minimum Gasteiger partial charge on any atom is -0.485 e. The van der Waals surface area contributed by atoms with E-state index in [-0.39, 0.29) is 6.10 Å². The lowest BCUT2D eigenvalue weighted by atomic mass is 10.2. The van der Waals surface area contributed by atoms with E-state index in [9.17, 15) is 0 Å². The number of fused-ring (bicyclic) bond motifs is 1. The van der Waals surface area contributed by atoms with Crippen LogP contribution in [0.15, 0.2) is 90.1 Å². The predicted molar refractivity (Wildman–Crippen MR) is 113 cm³/mol. The second-order valence-corrected chi connectivity index (χ2v) is 7.59. The summed E-state index contributed by atoms with van der Waals surface area (Å²) in [7, 11) is 0. The van der Waals surface area contributed by atoms with Crippen LogP contribution in [-0.4, -0.2) is 21.4 Å². The van der Waals surface area contributed by atoms with Gasteiger partial charge in [0.05, 0.1) is 0 Å². The van der Waals surface area contributed by atoms with E-state index in [4.69, 9.17) is 9.47 Å². The van der Waals surface area contributed by atoms with E-state index in [0.717, 1.165) is 33.9 Å². The Bertz CT molecular complexity index is 1100. The van der Waals surface area contributed by atoms with Gasteiger partial charge in [0.25, 0.3) is 0 Å². The van der Waals surface area contributed by atoms with Crippen molar-refractivity contribution in [1.82, 2.24) is 14.8 Å². The molecule has 2 heterocycles. The Morgan fingerprint density at radius 3 is 2.31 bits per heavy atom. The molecule has 0 amide bonds. The molecule has 1 aliphatic rings. The van der Waals surface area contributed by atoms with Crippen molar-refractivity contribution in [3.05, 3.63) is 96.3 Å². The van der Waals surface area contributed by atoms with Gasteiger partial charge < -0.3 is 9.47 Å². The number of rotatable bonds is 5. The molecule has 4 aromatic rings. The predicted octanol–water partition coefficient (Wildman–Crippen LogP) is 5.07. The van der Waals surface area contributed by atoms with Crippen LogP contribution >= 0.6 is 11.8 Å². The Labute approximate surface area is 173 Å². The molecular weight excluding hydrogens is 382 g/mol. The zero-order chi connectivity index (χ0) is 19.5. The van der Waals surface area contributed by atoms with Gasteiger partial charge in [0, 0.05) is 11.4 Å². The van der Waals surface area contributed by atoms with Gasteiger partial charge in [-0.2, -0.15) is 0 Å². The first kappa shape index (κ1) is 17.8. The number of nitrogens with zero attached hydrogens (tertiary/aromatic N) is 3. The first-order valence-electron chi connectivity index (χ1n) is 9.44. The molecule has 0 N–H and O–H groups in total. The molecule has 0 saturated carbocycles. The van der Waals surface area contributed by atoms with Gasteiger partial charge in [0.15, 0.2) is 28.6 Å². The highest BCUT2D eigenvalue weighted by atomic mass is 32.2. The molecule has 5 nitrogen and oxygen atoms in total. The standard InChI is InChI=1S/C23H19N3O2S/c1-3-9-17(10-4-1)16-29-23-25-24-22(26(23)18-11-5-2-6-12-18)21-15-27-19-13-7-8-14-20(19)28-21/h1-14,21H,15-16H2. The molecule has 0 aliphatic carbocycles. The van der Waals surface area contributed by atoms with Crippen molar-refractivity contribution < 1.29 is 9.47 Å². The average Bonchev–Trinajstić information content (AvgIpc) is 3.22. The fraction of sp³-hybridized carbons (Fsp3) is 0.130. The van der Waals surface area contributed by atoms with Crippen LogP contribution in [0.1, 0.15) is 17.5 Å². The first-order chi connectivity index (χ1) is 14.4. The number of para-hydroxylation sites is 3. The Kier molecular flexibility index (Phi) is 4.92. The van der Waals surface area contributed by atoms with Crippen LogP contribution in [0.5, 0.6) is 11.5 Å². The van der Waals surface area contributed by atoms with Crippen molar-refractivity contribution in [2.75, 3.05) is 6.61 Å². The van der Waals surface area contributed by atoms with E-state index in [0.29, 0.717) is 6.61 Å². The zero-order valence-electron chi connectivity index (χ0n) is 15.6. The second-order valence-electron chi connectivity index (χ2n) is 6.65. The minimum absolute atomic E-state index is 0.330. The first-order valence-corrected chi connectivity index (χ1v) is 10.4. The second kappa shape index (κ2) is 8.01. The fourth-order valence-corrected chi connectivity index (χ4v) is 4.19. The maximum absolute atomic E-state index is 6.20. The largest absolute Gasteiger partial charge is 0.485 e. The minimum atomic E-state index is -0.330. The highest BCUT2D eigenvalue weighted by Crippen LogP contribution is 2.37. The van der Waals surface area contributed by atoms with E-state index < -0.39 is 0 Å². The Hall–Kier alpha value is -3.25. The van der Waals surface area contributed by atoms with E-state index >= 15 is 0 Å². The Balaban J connectivity index is 1.48. The number of hydrogen-bond acceptors (Lipinski definition) is 5. The third-order valence-electron chi connectivity index (χ3n) is 4.68. The summed E-state index contributed by atoms with van der Waals surface area (Å²) in [5.41, 5.74) is 2.25. The average molecular weight is 401 g/mol. The van der Waals surface area contributed by atoms with Gasteiger partial charge in [-0.05, 0) is 29.8 Å². The SMILES string of the molecule is c1ccc(CSc2nnc(C3COc4ccccc4O3)n2-c2ccccc2)cc1. The summed E-state index contributed by atoms with van der Waals surface area (Å²) in [6.45, 7) is 0.394. The van der Waals surface area contributed by atoms with Crippen molar-refractivity contribution in [2.45, 2.75) is 17.0 Å². The molecule has 1 atom stereocenters. The number of hydrogen-bond donors (Lipinski definition) is 0. The molecule has 1 unspecified atom stereocenters. The molecule has 1 aliphatic heterocycles. The summed E-state index contributed by atoms with van der Waals surface area (Å²) in [6, 6.07) is 28.2. The van der Waals surface area contributed by atoms with Crippen LogP contribution < -0.4 is 9.47 Å². The smallest absolute Gasteiger partial charge is 0.196 e. The van der Waals surface area contributed by atoms with Crippen LogP contribution in [0.3, 0.4) is 0 Å². The monoisotopic (exact) mass is 401 g/mol. The Morgan fingerprint density at radius 1 is 0.828 bits per heavy atom. The summed E-state index contributed by atoms with van der Waals surface area (Å²) in [4.78, 5) is 0. The van der Waals surface area contributed by atoms with Gasteiger partial charge in [-0.1, -0.05) is 72.4 Å². The molecule has 0 saturated heterocycles. The number of thioether (sulfide) groups is 1. The van der Waals surface area contributed by atoms with Crippen molar-refractivity contribution in [1.29, 1.82) is 0 Å². The van der Waals surface area contributed by atoms with Crippen LogP contribution in [-0.2, 0) is 5.75 Å². The van der Waals surface area contributed by atoms with Gasteiger partial charge in [-0.3, -0.25) is 4.57 Å². The molecule has 0 bridgehead atoms. The molecule has 0 radical (unpaired) electrons. The summed E-state index contributed by atoms with van der Waals surface area (Å²) >= 11 is 1.66. The topological polar surface area (TPSA) is 49.2 Å². The maximum atomic E-state index is 6.20. The fourth-order valence-electron chi connectivity index (χ4n) is 3.27. The van der Waals surface area contributed by atoms with E-state index in [1.807, 2.05) is 60.7 Å². The highest BCUT2D eigenvalue weighted by Gasteiger charge is 2.29. The molecule has 29 heavy (non-hydrogen) atoms. The van der Waals surface area contributed by atoms with Gasteiger partial charge in [0.1, 0.15) is 6.61 Å². The van der Waals surface area contributed by atoms with Crippen molar-refractivity contribution >= 4 is 11.8 Å². The number of benzene rings is 3. The van der Waals surface area contributed by atoms with Crippen molar-refractivity contribution in [3.63, 3.8) is 0 Å². The lowest BCUT2D eigenvalue weighted by molar-refractivity contribution is 0.0835. The van der Waals surface area contributed by atoms with E-state index in [1.54, 1.807) is 11.8 Å². The lowest BCUT2D eigenvalue weighted by Gasteiger charge is -2.26. The third kappa shape index (κ3) is 3.71. The zero-order valence-corrected chi connectivity index (χ0v) is 16.5. The van der Waals surface area contributed by atoms with Crippen molar-refractivity contribution in [2.24, 2.45) is 0 Å². The van der Waals surface area contributed by atoms with Gasteiger partial charge in [-0.25, -0.2) is 0 Å². The van der Waals surface area contributed by atoms with Gasteiger partial charge in [-0.15, -0.1) is 10.2 Å². The van der Waals surface area contributed by atoms with E-state index in [2.05, 4.69) is 39.0 Å². The molecule has 6 heteroatoms. The van der Waals surface area contributed by atoms with Gasteiger partial charge >= 0.3 is 0 Å². The Morgan fingerprint density at radius 2 is 1.52 bits per heavy atom. The molecule has 144 valence electrons. The maximum Gasteiger partial charge on any atom is 0.196 e. The summed E-state index contributed by atoms with van der Waals surface area (Å²) in [5, 5.41) is 9.80. The third-order valence-corrected chi connectivity index (χ3v) is 5.68. The molecule has 5 rings (SSSR count). The van der Waals surface area contributed by atoms with Crippen LogP contribution in [0, 0.1) is 0 Å².